The van der Waals surface area contributed by atoms with Crippen molar-refractivity contribution in [3.63, 3.8) is 0 Å². The zero-order chi connectivity index (χ0) is 19.1. The fourth-order valence-corrected chi connectivity index (χ4v) is 4.14. The fraction of sp³-hybridized carbons (Fsp3) is 0.867. The number of amides is 3. The third kappa shape index (κ3) is 8.39. The van der Waals surface area contributed by atoms with Gasteiger partial charge in [-0.25, -0.2) is 18.0 Å². The van der Waals surface area contributed by atoms with Gasteiger partial charge in [0.05, 0.1) is 18.1 Å². The van der Waals surface area contributed by atoms with Crippen molar-refractivity contribution in [3.8, 4) is 0 Å². The Morgan fingerprint density at radius 1 is 1.20 bits per heavy atom. The van der Waals surface area contributed by atoms with Crippen LogP contribution in [0.4, 0.5) is 9.59 Å². The van der Waals surface area contributed by atoms with Crippen LogP contribution in [0.3, 0.4) is 0 Å². The summed E-state index contributed by atoms with van der Waals surface area (Å²) >= 11 is 0. The lowest BCUT2D eigenvalue weighted by Gasteiger charge is -2.28. The summed E-state index contributed by atoms with van der Waals surface area (Å²) in [7, 11) is -1.57. The largest absolute Gasteiger partial charge is 0.444 e. The zero-order valence-corrected chi connectivity index (χ0v) is 16.1. The Hall–Kier alpha value is -1.55. The molecule has 1 saturated heterocycles. The number of carbonyl (C=O) groups is 2. The van der Waals surface area contributed by atoms with Gasteiger partial charge < -0.3 is 25.0 Å². The first-order valence-electron chi connectivity index (χ1n) is 8.25. The number of hydrogen-bond donors (Lipinski definition) is 2. The molecule has 1 fully saturated rings. The van der Waals surface area contributed by atoms with Crippen LogP contribution in [0.25, 0.3) is 0 Å². The normalized spacial score (nSPS) is 19.3. The number of rotatable bonds is 7. The molecule has 0 radical (unpaired) electrons. The van der Waals surface area contributed by atoms with E-state index in [1.54, 1.807) is 20.8 Å². The van der Waals surface area contributed by atoms with E-state index in [0.29, 0.717) is 19.6 Å². The zero-order valence-electron chi connectivity index (χ0n) is 15.3. The van der Waals surface area contributed by atoms with Gasteiger partial charge in [0.1, 0.15) is 5.60 Å². The molecule has 2 N–H and O–H groups in total. The monoisotopic (exact) mass is 379 g/mol. The second kappa shape index (κ2) is 9.23. The van der Waals surface area contributed by atoms with E-state index in [2.05, 4.69) is 10.6 Å². The average Bonchev–Trinajstić information content (AvgIpc) is 2.82. The minimum atomic E-state index is -3.09. The molecule has 0 saturated carbocycles. The summed E-state index contributed by atoms with van der Waals surface area (Å²) < 4.78 is 33.4. The summed E-state index contributed by atoms with van der Waals surface area (Å²) in [5, 5.41) is 5.22. The Bertz CT molecular complexity index is 558. The molecule has 0 aromatic heterocycles. The van der Waals surface area contributed by atoms with Crippen molar-refractivity contribution in [2.24, 2.45) is 0 Å². The Labute approximate surface area is 149 Å². The van der Waals surface area contributed by atoms with Crippen molar-refractivity contribution in [2.75, 3.05) is 44.9 Å². The van der Waals surface area contributed by atoms with Crippen molar-refractivity contribution in [2.45, 2.75) is 38.8 Å². The van der Waals surface area contributed by atoms with Crippen LogP contribution in [0.15, 0.2) is 0 Å². The summed E-state index contributed by atoms with van der Waals surface area (Å²) in [6.45, 7) is 6.33. The molecule has 1 heterocycles. The van der Waals surface area contributed by atoms with Gasteiger partial charge in [0, 0.05) is 32.8 Å². The Morgan fingerprint density at radius 2 is 1.84 bits per heavy atom. The van der Waals surface area contributed by atoms with Gasteiger partial charge in [-0.3, -0.25) is 0 Å². The molecular formula is C15H29N3O6S. The molecular weight excluding hydrogens is 350 g/mol. The second-order valence-electron chi connectivity index (χ2n) is 6.90. The molecule has 0 bridgehead atoms. The van der Waals surface area contributed by atoms with Crippen LogP contribution in [0.1, 0.15) is 27.2 Å². The predicted octanol–water partition coefficient (Wildman–Crippen LogP) is 0.356. The minimum Gasteiger partial charge on any atom is -0.444 e. The van der Waals surface area contributed by atoms with Gasteiger partial charge in [-0.15, -0.1) is 0 Å². The van der Waals surface area contributed by atoms with Crippen molar-refractivity contribution < 1.29 is 27.5 Å². The molecule has 1 rings (SSSR count). The number of nitrogens with zero attached hydrogens (tertiary/aromatic N) is 1. The van der Waals surface area contributed by atoms with E-state index in [0.717, 1.165) is 0 Å². The topological polar surface area (TPSA) is 114 Å². The van der Waals surface area contributed by atoms with E-state index in [-0.39, 0.29) is 36.7 Å². The van der Waals surface area contributed by atoms with Gasteiger partial charge >= 0.3 is 12.1 Å². The summed E-state index contributed by atoms with van der Waals surface area (Å²) in [4.78, 5) is 25.3. The maximum atomic E-state index is 12.3. The van der Waals surface area contributed by atoms with Crippen molar-refractivity contribution in [1.82, 2.24) is 15.5 Å². The van der Waals surface area contributed by atoms with Gasteiger partial charge in [-0.05, 0) is 27.2 Å². The molecule has 146 valence electrons. The molecule has 3 amide bonds. The number of alkyl carbamates (subject to hydrolysis) is 1. The van der Waals surface area contributed by atoms with Gasteiger partial charge in [0.2, 0.25) is 0 Å². The molecule has 10 heteroatoms. The molecule has 9 nitrogen and oxygen atoms in total. The van der Waals surface area contributed by atoms with Gasteiger partial charge in [0.15, 0.2) is 9.84 Å². The maximum Gasteiger partial charge on any atom is 0.407 e. The smallest absolute Gasteiger partial charge is 0.407 e. The Balaban J connectivity index is 2.44. The molecule has 0 spiro atoms. The van der Waals surface area contributed by atoms with E-state index in [4.69, 9.17) is 9.47 Å². The molecule has 0 aliphatic carbocycles. The van der Waals surface area contributed by atoms with Crippen LogP contribution < -0.4 is 10.6 Å². The second-order valence-corrected chi connectivity index (χ2v) is 9.13. The van der Waals surface area contributed by atoms with Gasteiger partial charge in [0.25, 0.3) is 0 Å². The highest BCUT2D eigenvalue weighted by atomic mass is 32.2. The van der Waals surface area contributed by atoms with Gasteiger partial charge in [-0.1, -0.05) is 0 Å². The molecule has 25 heavy (non-hydrogen) atoms. The number of sulfone groups is 1. The first-order valence-corrected chi connectivity index (χ1v) is 10.1. The van der Waals surface area contributed by atoms with E-state index in [9.17, 15) is 18.0 Å². The highest BCUT2D eigenvalue weighted by Crippen LogP contribution is 2.17. The quantitative estimate of drug-likeness (QED) is 0.617. The number of carbonyl (C=O) groups excluding carboxylic acids is 2. The van der Waals surface area contributed by atoms with Gasteiger partial charge in [-0.2, -0.15) is 0 Å². The molecule has 1 atom stereocenters. The summed E-state index contributed by atoms with van der Waals surface area (Å²) in [5.41, 5.74) is -0.585. The van der Waals surface area contributed by atoms with Crippen molar-refractivity contribution in [3.05, 3.63) is 0 Å². The molecule has 0 aromatic carbocycles. The summed E-state index contributed by atoms with van der Waals surface area (Å²) in [5.74, 6) is 0.0644. The third-order valence-corrected chi connectivity index (χ3v) is 5.27. The van der Waals surface area contributed by atoms with Crippen LogP contribution in [0.5, 0.6) is 0 Å². The van der Waals surface area contributed by atoms with E-state index < -0.39 is 21.5 Å². The van der Waals surface area contributed by atoms with Crippen molar-refractivity contribution >= 4 is 22.0 Å². The lowest BCUT2D eigenvalue weighted by Crippen LogP contribution is -2.49. The number of nitrogens with one attached hydrogen (secondary N) is 2. The highest BCUT2D eigenvalue weighted by Gasteiger charge is 2.34. The van der Waals surface area contributed by atoms with E-state index in [1.807, 2.05) is 0 Å². The predicted molar refractivity (Wildman–Crippen MR) is 93.3 cm³/mol. The number of hydrogen-bond acceptors (Lipinski definition) is 6. The van der Waals surface area contributed by atoms with Crippen LogP contribution >= 0.6 is 0 Å². The minimum absolute atomic E-state index is 0.0275. The van der Waals surface area contributed by atoms with Crippen LogP contribution in [-0.4, -0.2) is 81.9 Å². The number of urea groups is 1. The Kier molecular flexibility index (Phi) is 7.94. The number of methoxy groups -OCH3 is 1. The fourth-order valence-electron chi connectivity index (χ4n) is 2.41. The number of ether oxygens (including phenoxy) is 2. The SMILES string of the molecule is COCCN(C(=O)NCCNC(=O)OC(C)(C)C)C1CCS(=O)(=O)C1. The van der Waals surface area contributed by atoms with Crippen LogP contribution in [0, 0.1) is 0 Å². The summed E-state index contributed by atoms with van der Waals surface area (Å²) in [6.07, 6.45) is -0.129. The Morgan fingerprint density at radius 3 is 2.36 bits per heavy atom. The van der Waals surface area contributed by atoms with Crippen LogP contribution in [0.2, 0.25) is 0 Å². The lowest BCUT2D eigenvalue weighted by atomic mass is 10.2. The van der Waals surface area contributed by atoms with E-state index >= 15 is 0 Å². The third-order valence-electron chi connectivity index (χ3n) is 3.52. The molecule has 1 aliphatic rings. The molecule has 1 unspecified atom stereocenters. The molecule has 1 aliphatic heterocycles. The van der Waals surface area contributed by atoms with E-state index in [1.165, 1.54) is 12.0 Å². The average molecular weight is 379 g/mol. The molecule has 0 aromatic rings. The summed E-state index contributed by atoms with van der Waals surface area (Å²) in [6, 6.07) is -0.718. The first-order chi connectivity index (χ1) is 11.5. The standard InChI is InChI=1S/C15H29N3O6S/c1-15(2,3)24-14(20)17-7-6-16-13(19)18(8-9-23-4)12-5-10-25(21,22)11-12/h12H,5-11H2,1-4H3,(H,16,19)(H,17,20). The first kappa shape index (κ1) is 21.5. The van der Waals surface area contributed by atoms with Crippen molar-refractivity contribution in [1.29, 1.82) is 0 Å². The van der Waals surface area contributed by atoms with Crippen LogP contribution in [-0.2, 0) is 19.3 Å². The lowest BCUT2D eigenvalue weighted by molar-refractivity contribution is 0.0528. The highest BCUT2D eigenvalue weighted by molar-refractivity contribution is 7.91. The maximum absolute atomic E-state index is 12.3.